The molecule has 6 heteroatoms. The van der Waals surface area contributed by atoms with Crippen LogP contribution in [0, 0.1) is 0 Å². The fourth-order valence-corrected chi connectivity index (χ4v) is 2.58. The van der Waals surface area contributed by atoms with Gasteiger partial charge in [0, 0.05) is 28.3 Å². The van der Waals surface area contributed by atoms with E-state index >= 15 is 0 Å². The molecular weight excluding hydrogens is 288 g/mol. The summed E-state index contributed by atoms with van der Waals surface area (Å²) < 4.78 is 10.1. The third-order valence-corrected chi connectivity index (χ3v) is 5.96. The summed E-state index contributed by atoms with van der Waals surface area (Å²) in [7, 11) is -2.39. The molecule has 0 aromatic rings. The van der Waals surface area contributed by atoms with E-state index in [0.29, 0.717) is 13.2 Å². The van der Waals surface area contributed by atoms with E-state index in [2.05, 4.69) is 39.3 Å². The van der Waals surface area contributed by atoms with Crippen molar-refractivity contribution in [3.63, 3.8) is 0 Å². The Morgan fingerprint density at radius 2 is 1.05 bits per heavy atom. The van der Waals surface area contributed by atoms with Gasteiger partial charge >= 0.3 is 11.9 Å². The van der Waals surface area contributed by atoms with Gasteiger partial charge in [-0.3, -0.25) is 0 Å². The fraction of sp³-hybridized carbons (Fsp3) is 0.714. The van der Waals surface area contributed by atoms with Crippen molar-refractivity contribution in [1.82, 2.24) is 0 Å². The van der Waals surface area contributed by atoms with Crippen LogP contribution in [-0.4, -0.2) is 41.3 Å². The van der Waals surface area contributed by atoms with Crippen LogP contribution in [0.15, 0.2) is 12.2 Å². The summed E-state index contributed by atoms with van der Waals surface area (Å²) in [5.41, 5.74) is 0. The zero-order chi connectivity index (χ0) is 15.8. The summed E-state index contributed by atoms with van der Waals surface area (Å²) in [6, 6.07) is 1.85. The van der Waals surface area contributed by atoms with E-state index in [0.717, 1.165) is 24.2 Å². The molecule has 0 aliphatic heterocycles. The molecule has 0 aromatic carbocycles. The van der Waals surface area contributed by atoms with Crippen LogP contribution in [0.5, 0.6) is 0 Å². The van der Waals surface area contributed by atoms with Crippen molar-refractivity contribution in [2.75, 3.05) is 13.2 Å². The molecule has 0 radical (unpaired) electrons. The average molecular weight is 317 g/mol. The van der Waals surface area contributed by atoms with Crippen molar-refractivity contribution in [2.24, 2.45) is 0 Å². The first-order valence-corrected chi connectivity index (χ1v) is 14.4. The highest BCUT2D eigenvalue weighted by Gasteiger charge is 2.14. The Labute approximate surface area is 124 Å². The molecule has 0 amide bonds. The van der Waals surface area contributed by atoms with Crippen molar-refractivity contribution in [2.45, 2.75) is 51.4 Å². The number of carbonyl (C=O) groups is 2. The molecule has 0 aromatic heterocycles. The van der Waals surface area contributed by atoms with Gasteiger partial charge in [-0.05, 0) is 12.1 Å². The summed E-state index contributed by atoms with van der Waals surface area (Å²) >= 11 is 0. The lowest BCUT2D eigenvalue weighted by atomic mass is 10.5. The lowest BCUT2D eigenvalue weighted by molar-refractivity contribution is -0.140. The highest BCUT2D eigenvalue weighted by Crippen LogP contribution is 2.08. The molecule has 0 saturated carbocycles. The van der Waals surface area contributed by atoms with Crippen LogP contribution in [0.3, 0.4) is 0 Å². The van der Waals surface area contributed by atoms with Gasteiger partial charge in [0.2, 0.25) is 0 Å². The first-order valence-electron chi connectivity index (χ1n) is 7.01. The Hall–Kier alpha value is -0.886. The van der Waals surface area contributed by atoms with Crippen LogP contribution < -0.4 is 0 Å². The second kappa shape index (κ2) is 8.41. The van der Waals surface area contributed by atoms with E-state index in [-0.39, 0.29) is 0 Å². The maximum atomic E-state index is 11.4. The lowest BCUT2D eigenvalue weighted by Gasteiger charge is -2.15. The number of rotatable bonds is 8. The Morgan fingerprint density at radius 3 is 1.30 bits per heavy atom. The summed E-state index contributed by atoms with van der Waals surface area (Å²) in [4.78, 5) is 22.7. The Bertz CT molecular complexity index is 317. The summed E-state index contributed by atoms with van der Waals surface area (Å²) in [5, 5.41) is 0. The van der Waals surface area contributed by atoms with Crippen molar-refractivity contribution < 1.29 is 19.1 Å². The van der Waals surface area contributed by atoms with Gasteiger partial charge in [-0.1, -0.05) is 39.3 Å². The van der Waals surface area contributed by atoms with E-state index in [9.17, 15) is 9.59 Å². The molecule has 0 aliphatic rings. The predicted molar refractivity (Wildman–Crippen MR) is 87.4 cm³/mol. The van der Waals surface area contributed by atoms with Crippen LogP contribution >= 0.6 is 0 Å². The molecule has 20 heavy (non-hydrogen) atoms. The number of ether oxygens (including phenoxy) is 2. The standard InChI is InChI=1S/C14H28O4Si2/c1-19(2,3)11-9-17-13(15)7-8-14(16)18-10-12-20(4,5)6/h7-8H,9-12H2,1-6H3/b8-7+. The van der Waals surface area contributed by atoms with E-state index < -0.39 is 28.1 Å². The maximum Gasteiger partial charge on any atom is 0.330 e. The average Bonchev–Trinajstić information content (AvgIpc) is 2.22. The van der Waals surface area contributed by atoms with Gasteiger partial charge in [0.25, 0.3) is 0 Å². The zero-order valence-corrected chi connectivity index (χ0v) is 15.6. The van der Waals surface area contributed by atoms with Crippen LogP contribution in [-0.2, 0) is 19.1 Å². The van der Waals surface area contributed by atoms with Crippen molar-refractivity contribution in [3.8, 4) is 0 Å². The Balaban J connectivity index is 3.86. The third-order valence-electron chi connectivity index (χ3n) is 2.55. The number of hydrogen-bond acceptors (Lipinski definition) is 4. The molecule has 0 atom stereocenters. The molecule has 4 nitrogen and oxygen atoms in total. The molecule has 0 aliphatic carbocycles. The minimum Gasteiger partial charge on any atom is -0.463 e. The quantitative estimate of drug-likeness (QED) is 0.392. The van der Waals surface area contributed by atoms with E-state index in [1.54, 1.807) is 0 Å². The highest BCUT2D eigenvalue weighted by molar-refractivity contribution is 6.76. The zero-order valence-electron chi connectivity index (χ0n) is 13.6. The SMILES string of the molecule is C[Si](C)(C)CCOC(=O)/C=C/C(=O)OCC[Si](C)(C)C. The third kappa shape index (κ3) is 13.5. The van der Waals surface area contributed by atoms with Gasteiger partial charge in [-0.2, -0.15) is 0 Å². The number of carbonyl (C=O) groups excluding carboxylic acids is 2. The summed E-state index contributed by atoms with van der Waals surface area (Å²) in [6.45, 7) is 14.1. The largest absolute Gasteiger partial charge is 0.463 e. The molecule has 0 fully saturated rings. The van der Waals surface area contributed by atoms with Crippen LogP contribution in [0.2, 0.25) is 51.4 Å². The molecule has 0 bridgehead atoms. The molecule has 0 N–H and O–H groups in total. The molecule has 0 unspecified atom stereocenters. The summed E-state index contributed by atoms with van der Waals surface area (Å²) in [5.74, 6) is -0.962. The second-order valence-corrected chi connectivity index (χ2v) is 18.5. The minimum absolute atomic E-state index is 0.420. The smallest absolute Gasteiger partial charge is 0.330 e. The highest BCUT2D eigenvalue weighted by atomic mass is 28.3. The van der Waals surface area contributed by atoms with Crippen LogP contribution in [0.1, 0.15) is 0 Å². The molecular formula is C14H28O4Si2. The van der Waals surface area contributed by atoms with E-state index in [4.69, 9.17) is 9.47 Å². The first kappa shape index (κ1) is 19.1. The lowest BCUT2D eigenvalue weighted by Crippen LogP contribution is -2.22. The van der Waals surface area contributed by atoms with Gasteiger partial charge in [0.15, 0.2) is 0 Å². The van der Waals surface area contributed by atoms with Gasteiger partial charge in [-0.15, -0.1) is 0 Å². The maximum absolute atomic E-state index is 11.4. The van der Waals surface area contributed by atoms with Crippen LogP contribution in [0.25, 0.3) is 0 Å². The first-order chi connectivity index (χ1) is 8.99. The Kier molecular flexibility index (Phi) is 8.04. The molecule has 0 saturated heterocycles. The van der Waals surface area contributed by atoms with Crippen molar-refractivity contribution in [3.05, 3.63) is 12.2 Å². The Morgan fingerprint density at radius 1 is 0.750 bits per heavy atom. The molecule has 0 heterocycles. The van der Waals surface area contributed by atoms with Gasteiger partial charge in [0.1, 0.15) is 0 Å². The van der Waals surface area contributed by atoms with Crippen LogP contribution in [0.4, 0.5) is 0 Å². The van der Waals surface area contributed by atoms with E-state index in [1.165, 1.54) is 0 Å². The number of esters is 2. The molecule has 116 valence electrons. The van der Waals surface area contributed by atoms with E-state index in [1.807, 2.05) is 0 Å². The normalized spacial score (nSPS) is 12.5. The van der Waals surface area contributed by atoms with Crippen molar-refractivity contribution in [1.29, 1.82) is 0 Å². The van der Waals surface area contributed by atoms with Crippen molar-refractivity contribution >= 4 is 28.1 Å². The predicted octanol–water partition coefficient (Wildman–Crippen LogP) is 3.31. The van der Waals surface area contributed by atoms with Gasteiger partial charge < -0.3 is 9.47 Å². The fourth-order valence-electron chi connectivity index (χ4n) is 1.15. The minimum atomic E-state index is -1.19. The van der Waals surface area contributed by atoms with Gasteiger partial charge in [0.05, 0.1) is 13.2 Å². The van der Waals surface area contributed by atoms with Gasteiger partial charge in [-0.25, -0.2) is 9.59 Å². The topological polar surface area (TPSA) is 52.6 Å². The monoisotopic (exact) mass is 316 g/mol. The second-order valence-electron chi connectivity index (χ2n) is 7.29. The molecule has 0 spiro atoms. The molecule has 0 rings (SSSR count). The summed E-state index contributed by atoms with van der Waals surface area (Å²) in [6.07, 6.45) is 2.28. The number of hydrogen-bond donors (Lipinski definition) is 0.